The van der Waals surface area contributed by atoms with Crippen LogP contribution in [0.3, 0.4) is 0 Å². The quantitative estimate of drug-likeness (QED) is 0.277. The Kier molecular flexibility index (Phi) is 7.38. The molecule has 0 spiro atoms. The molecule has 0 N–H and O–H groups in total. The number of fused-ring (bicyclic) bond motifs is 1. The van der Waals surface area contributed by atoms with Crippen molar-refractivity contribution in [2.45, 2.75) is 51.9 Å². The molecule has 3 aromatic carbocycles. The van der Waals surface area contributed by atoms with Crippen LogP contribution in [0.1, 0.15) is 47.8 Å². The molecule has 0 atom stereocenters. The molecule has 0 fully saturated rings. The molecule has 1 heterocycles. The van der Waals surface area contributed by atoms with Crippen LogP contribution in [-0.2, 0) is 32.1 Å². The van der Waals surface area contributed by atoms with Crippen molar-refractivity contribution >= 4 is 10.8 Å². The minimum atomic E-state index is -0.878. The number of rotatable bonds is 9. The van der Waals surface area contributed by atoms with Crippen LogP contribution in [0.4, 0.5) is 13.2 Å². The number of unbranched alkanes of at least 4 members (excludes halogenated alkanes) is 1. The summed E-state index contributed by atoms with van der Waals surface area (Å²) in [6.45, 7) is 2.17. The van der Waals surface area contributed by atoms with E-state index in [2.05, 4.69) is 16.9 Å². The lowest BCUT2D eigenvalue weighted by Gasteiger charge is -2.09. The Balaban J connectivity index is 1.41. The van der Waals surface area contributed by atoms with Crippen molar-refractivity contribution < 1.29 is 13.2 Å². The number of aromatic nitrogens is 2. The molecule has 5 heteroatoms. The van der Waals surface area contributed by atoms with Gasteiger partial charge < -0.3 is 0 Å². The second kappa shape index (κ2) is 10.6. The molecule has 170 valence electrons. The van der Waals surface area contributed by atoms with E-state index in [1.165, 1.54) is 17.7 Å². The standard InChI is InChI=1S/C28H27F3N2/c1-2-3-4-21-17-32-27(33-18-21)14-8-19-6-12-24-23(15-19)11-10-22(28(24)31)9-5-20-7-13-25(29)26(30)16-20/h6-7,10-13,15-18H,2-5,8-9,14H2,1H3. The maximum atomic E-state index is 15.1. The van der Waals surface area contributed by atoms with Gasteiger partial charge in [-0.2, -0.15) is 0 Å². The highest BCUT2D eigenvalue weighted by Crippen LogP contribution is 2.24. The smallest absolute Gasteiger partial charge is 0.159 e. The zero-order valence-corrected chi connectivity index (χ0v) is 18.8. The van der Waals surface area contributed by atoms with E-state index < -0.39 is 11.6 Å². The monoisotopic (exact) mass is 448 g/mol. The summed E-state index contributed by atoms with van der Waals surface area (Å²) >= 11 is 0. The Hall–Kier alpha value is -3.21. The number of benzene rings is 3. The second-order valence-electron chi connectivity index (χ2n) is 8.45. The van der Waals surface area contributed by atoms with Gasteiger partial charge in [-0.15, -0.1) is 0 Å². The summed E-state index contributed by atoms with van der Waals surface area (Å²) in [5.41, 5.74) is 3.48. The van der Waals surface area contributed by atoms with E-state index >= 15 is 4.39 Å². The van der Waals surface area contributed by atoms with Gasteiger partial charge in [0, 0.05) is 24.2 Å². The van der Waals surface area contributed by atoms with Crippen molar-refractivity contribution in [3.8, 4) is 0 Å². The van der Waals surface area contributed by atoms with Gasteiger partial charge in [-0.1, -0.05) is 49.7 Å². The molecule has 0 aliphatic rings. The van der Waals surface area contributed by atoms with Gasteiger partial charge >= 0.3 is 0 Å². The summed E-state index contributed by atoms with van der Waals surface area (Å²) in [4.78, 5) is 8.95. The van der Waals surface area contributed by atoms with Crippen LogP contribution in [-0.4, -0.2) is 9.97 Å². The number of aryl methyl sites for hydroxylation is 5. The minimum absolute atomic E-state index is 0.257. The summed E-state index contributed by atoms with van der Waals surface area (Å²) < 4.78 is 41.6. The van der Waals surface area contributed by atoms with Crippen LogP contribution < -0.4 is 0 Å². The fourth-order valence-electron chi connectivity index (χ4n) is 3.99. The molecule has 0 amide bonds. The van der Waals surface area contributed by atoms with Crippen LogP contribution in [0.15, 0.2) is 60.9 Å². The van der Waals surface area contributed by atoms with Gasteiger partial charge in [-0.05, 0) is 71.9 Å². The van der Waals surface area contributed by atoms with Crippen molar-refractivity contribution in [2.24, 2.45) is 0 Å². The maximum absolute atomic E-state index is 15.1. The van der Waals surface area contributed by atoms with Crippen LogP contribution >= 0.6 is 0 Å². The lowest BCUT2D eigenvalue weighted by Crippen LogP contribution is -2.00. The summed E-state index contributed by atoms with van der Waals surface area (Å²) in [6, 6.07) is 13.3. The van der Waals surface area contributed by atoms with E-state index in [0.717, 1.165) is 54.9 Å². The van der Waals surface area contributed by atoms with Gasteiger partial charge in [0.05, 0.1) is 0 Å². The first-order valence-electron chi connectivity index (χ1n) is 11.5. The first-order valence-corrected chi connectivity index (χ1v) is 11.5. The molecule has 0 aliphatic heterocycles. The predicted octanol–water partition coefficient (Wildman–Crippen LogP) is 6.96. The number of nitrogens with zero attached hydrogens (tertiary/aromatic N) is 2. The number of hydrogen-bond acceptors (Lipinski definition) is 2. The van der Waals surface area contributed by atoms with Gasteiger partial charge in [0.1, 0.15) is 11.6 Å². The van der Waals surface area contributed by atoms with Gasteiger partial charge in [0.15, 0.2) is 11.6 Å². The Labute approximate surface area is 192 Å². The molecule has 0 radical (unpaired) electrons. The summed E-state index contributed by atoms with van der Waals surface area (Å²) in [6.07, 6.45) is 9.50. The van der Waals surface area contributed by atoms with E-state index in [9.17, 15) is 8.78 Å². The topological polar surface area (TPSA) is 25.8 Å². The molecule has 0 bridgehead atoms. The average Bonchev–Trinajstić information content (AvgIpc) is 2.83. The van der Waals surface area contributed by atoms with E-state index in [-0.39, 0.29) is 5.82 Å². The number of halogens is 3. The van der Waals surface area contributed by atoms with Crippen molar-refractivity contribution in [2.75, 3.05) is 0 Å². The van der Waals surface area contributed by atoms with Crippen LogP contribution in [0, 0.1) is 17.5 Å². The third kappa shape index (κ3) is 5.78. The molecule has 0 saturated carbocycles. The fraction of sp³-hybridized carbons (Fsp3) is 0.286. The Morgan fingerprint density at radius 3 is 2.15 bits per heavy atom. The fourth-order valence-corrected chi connectivity index (χ4v) is 3.99. The molecule has 0 aliphatic carbocycles. The SMILES string of the molecule is CCCCc1cnc(CCc2ccc3c(F)c(CCc4ccc(F)c(F)c4)ccc3c2)nc1. The van der Waals surface area contributed by atoms with Crippen LogP contribution in [0.25, 0.3) is 10.8 Å². The van der Waals surface area contributed by atoms with Crippen LogP contribution in [0.5, 0.6) is 0 Å². The molecule has 4 rings (SSSR count). The first-order chi connectivity index (χ1) is 16.0. The van der Waals surface area contributed by atoms with Gasteiger partial charge in [0.2, 0.25) is 0 Å². The molecule has 2 nitrogen and oxygen atoms in total. The Bertz CT molecular complexity index is 1240. The zero-order valence-electron chi connectivity index (χ0n) is 18.8. The van der Waals surface area contributed by atoms with Crippen molar-refractivity contribution in [1.29, 1.82) is 0 Å². The zero-order chi connectivity index (χ0) is 23.2. The average molecular weight is 449 g/mol. The van der Waals surface area contributed by atoms with Gasteiger partial charge in [0.25, 0.3) is 0 Å². The minimum Gasteiger partial charge on any atom is -0.241 e. The Morgan fingerprint density at radius 2 is 1.39 bits per heavy atom. The van der Waals surface area contributed by atoms with E-state index in [0.29, 0.717) is 29.4 Å². The second-order valence-corrected chi connectivity index (χ2v) is 8.45. The van der Waals surface area contributed by atoms with Crippen molar-refractivity contribution in [3.05, 3.63) is 106 Å². The third-order valence-electron chi connectivity index (χ3n) is 5.98. The molecule has 33 heavy (non-hydrogen) atoms. The predicted molar refractivity (Wildman–Crippen MR) is 126 cm³/mol. The molecule has 4 aromatic rings. The van der Waals surface area contributed by atoms with E-state index in [1.807, 2.05) is 36.7 Å². The lowest BCUT2D eigenvalue weighted by molar-refractivity contribution is 0.507. The van der Waals surface area contributed by atoms with Crippen molar-refractivity contribution in [3.63, 3.8) is 0 Å². The molecular formula is C28H27F3N2. The van der Waals surface area contributed by atoms with E-state index in [4.69, 9.17) is 0 Å². The summed E-state index contributed by atoms with van der Waals surface area (Å²) in [7, 11) is 0. The highest BCUT2D eigenvalue weighted by atomic mass is 19.2. The lowest BCUT2D eigenvalue weighted by atomic mass is 9.98. The molecule has 0 unspecified atom stereocenters. The molecular weight excluding hydrogens is 421 g/mol. The highest BCUT2D eigenvalue weighted by molar-refractivity contribution is 5.84. The Morgan fingerprint density at radius 1 is 0.667 bits per heavy atom. The largest absolute Gasteiger partial charge is 0.241 e. The highest BCUT2D eigenvalue weighted by Gasteiger charge is 2.10. The van der Waals surface area contributed by atoms with E-state index in [1.54, 1.807) is 6.07 Å². The van der Waals surface area contributed by atoms with Gasteiger partial charge in [-0.3, -0.25) is 0 Å². The summed E-state index contributed by atoms with van der Waals surface area (Å²) in [5, 5.41) is 1.41. The summed E-state index contributed by atoms with van der Waals surface area (Å²) in [5.74, 6) is -1.19. The van der Waals surface area contributed by atoms with Crippen molar-refractivity contribution in [1.82, 2.24) is 9.97 Å². The van der Waals surface area contributed by atoms with Gasteiger partial charge in [-0.25, -0.2) is 23.1 Å². The third-order valence-corrected chi connectivity index (χ3v) is 5.98. The molecule has 0 saturated heterocycles. The molecule has 1 aromatic heterocycles. The van der Waals surface area contributed by atoms with Crippen LogP contribution in [0.2, 0.25) is 0 Å². The normalized spacial score (nSPS) is 11.3. The number of hydrogen-bond donors (Lipinski definition) is 0. The maximum Gasteiger partial charge on any atom is 0.159 e. The first kappa shape index (κ1) is 23.0.